The van der Waals surface area contributed by atoms with Crippen LogP contribution < -0.4 is 4.74 Å². The van der Waals surface area contributed by atoms with Crippen molar-refractivity contribution < 1.29 is 9.31 Å². The van der Waals surface area contributed by atoms with Gasteiger partial charge in [0.2, 0.25) is 0 Å². The van der Waals surface area contributed by atoms with Crippen LogP contribution in [-0.4, -0.2) is 34.6 Å². The summed E-state index contributed by atoms with van der Waals surface area (Å²) in [6.45, 7) is 11.0. The van der Waals surface area contributed by atoms with E-state index in [4.69, 9.17) is 4.74 Å². The Morgan fingerprint density at radius 2 is 1.70 bits per heavy atom. The Kier molecular flexibility index (Phi) is 5.57. The van der Waals surface area contributed by atoms with Crippen LogP contribution in [0.3, 0.4) is 0 Å². The van der Waals surface area contributed by atoms with E-state index in [9.17, 15) is 0 Å². The summed E-state index contributed by atoms with van der Waals surface area (Å²) in [6, 6.07) is 17.8. The summed E-state index contributed by atoms with van der Waals surface area (Å²) in [6.07, 6.45) is 9.15. The Balaban J connectivity index is 1.90. The first-order valence-corrected chi connectivity index (χ1v) is 12.0. The van der Waals surface area contributed by atoms with Crippen molar-refractivity contribution in [3.05, 3.63) is 95.2 Å². The van der Waals surface area contributed by atoms with E-state index in [2.05, 4.69) is 110 Å². The van der Waals surface area contributed by atoms with Gasteiger partial charge in [0.25, 0.3) is 0 Å². The molecule has 2 aromatic carbocycles. The minimum absolute atomic E-state index is 0.343. The molecule has 1 aliphatic heterocycles. The molecule has 33 heavy (non-hydrogen) atoms. The van der Waals surface area contributed by atoms with Crippen LogP contribution in [0.15, 0.2) is 78.4 Å². The van der Waals surface area contributed by atoms with Crippen LogP contribution in [-0.2, 0) is 6.54 Å². The second-order valence-electron chi connectivity index (χ2n) is 8.90. The molecule has 1 aromatic heterocycles. The Hall–Kier alpha value is -3.33. The maximum absolute atomic E-state index is 5.48. The number of benzene rings is 2. The number of allylic oxidation sites excluding steroid dienone is 2. The topological polar surface area (TPSA) is 17.2 Å². The first kappa shape index (κ1) is 21.5. The van der Waals surface area contributed by atoms with E-state index in [0.717, 1.165) is 18.8 Å². The number of nitrogens with zero attached hydrogens (tertiary/aromatic N) is 2. The number of aryl methyl sites for hydroxylation is 1. The molecule has 2 aliphatic rings. The van der Waals surface area contributed by atoms with Crippen molar-refractivity contribution in [3.8, 4) is 5.75 Å². The molecule has 0 saturated heterocycles. The van der Waals surface area contributed by atoms with E-state index in [1.807, 2.05) is 0 Å². The zero-order valence-electron chi connectivity index (χ0n) is 20.3. The lowest BCUT2D eigenvalue weighted by Gasteiger charge is -2.19. The first-order chi connectivity index (χ1) is 16.1. The number of likely N-dealkylation sites (N-methyl/N-ethyl adjacent to an activating group) is 1. The number of methoxy groups -OCH3 is 1. The van der Waals surface area contributed by atoms with Gasteiger partial charge < -0.3 is 9.30 Å². The van der Waals surface area contributed by atoms with Crippen molar-refractivity contribution in [1.29, 1.82) is 0 Å². The van der Waals surface area contributed by atoms with Gasteiger partial charge in [0.05, 0.1) is 13.0 Å². The standard InChI is InChI=1S/C30H33N2O/c1-6-31-20(3)28(24-12-8-10-14-26(24)31)30(22-16-18-23(33-5)19-17-22)29-21(4)32(7-2)27-15-11-9-13-25(27)29/h8-19,24,26H,6-7H2,1-5H3/q+1. The summed E-state index contributed by atoms with van der Waals surface area (Å²) in [5, 5.41) is 1.32. The van der Waals surface area contributed by atoms with Gasteiger partial charge in [-0.3, -0.25) is 0 Å². The number of aromatic nitrogens is 1. The lowest BCUT2D eigenvalue weighted by atomic mass is 9.81. The summed E-state index contributed by atoms with van der Waals surface area (Å²) >= 11 is 0. The van der Waals surface area contributed by atoms with Gasteiger partial charge in [-0.05, 0) is 50.6 Å². The average molecular weight is 438 g/mol. The molecule has 0 radical (unpaired) electrons. The van der Waals surface area contributed by atoms with Crippen molar-refractivity contribution in [2.24, 2.45) is 5.92 Å². The lowest BCUT2D eigenvalue weighted by Crippen LogP contribution is -2.26. The Morgan fingerprint density at radius 1 is 0.970 bits per heavy atom. The van der Waals surface area contributed by atoms with Crippen LogP contribution in [0.4, 0.5) is 0 Å². The predicted molar refractivity (Wildman–Crippen MR) is 138 cm³/mol. The smallest absolute Gasteiger partial charge is 0.182 e. The molecule has 2 unspecified atom stereocenters. The number of hydrogen-bond donors (Lipinski definition) is 0. The summed E-state index contributed by atoms with van der Waals surface area (Å²) < 4.78 is 10.5. The van der Waals surface area contributed by atoms with Crippen molar-refractivity contribution in [1.82, 2.24) is 4.57 Å². The molecule has 0 fully saturated rings. The summed E-state index contributed by atoms with van der Waals surface area (Å²) in [7, 11) is 1.73. The molecule has 0 saturated carbocycles. The summed E-state index contributed by atoms with van der Waals surface area (Å²) in [5.74, 6) is 1.23. The number of hydrogen-bond acceptors (Lipinski definition) is 1. The fourth-order valence-electron chi connectivity index (χ4n) is 5.92. The molecular formula is C30H33N2O+. The SMILES string of the molecule is CCn1c(C)c(/C(=C2/C(C)=[N+](CC)C3C=CC=CC23)c2ccc(OC)cc2)c2ccccc21. The molecule has 3 aromatic rings. The molecule has 2 heterocycles. The molecule has 0 amide bonds. The highest BCUT2D eigenvalue weighted by atomic mass is 16.5. The monoisotopic (exact) mass is 437 g/mol. The zero-order valence-corrected chi connectivity index (χ0v) is 20.3. The lowest BCUT2D eigenvalue weighted by molar-refractivity contribution is -0.547. The van der Waals surface area contributed by atoms with Crippen LogP contribution in [0.2, 0.25) is 0 Å². The van der Waals surface area contributed by atoms with Crippen LogP contribution in [0.5, 0.6) is 5.75 Å². The number of para-hydroxylation sites is 1. The Bertz CT molecular complexity index is 1330. The molecule has 3 heteroatoms. The highest BCUT2D eigenvalue weighted by molar-refractivity contribution is 6.11. The van der Waals surface area contributed by atoms with Gasteiger partial charge in [0.1, 0.15) is 12.3 Å². The van der Waals surface area contributed by atoms with E-state index >= 15 is 0 Å². The van der Waals surface area contributed by atoms with Crippen LogP contribution in [0.1, 0.15) is 37.6 Å². The normalized spacial score (nSPS) is 21.1. The van der Waals surface area contributed by atoms with Crippen LogP contribution >= 0.6 is 0 Å². The molecule has 0 N–H and O–H groups in total. The van der Waals surface area contributed by atoms with Crippen molar-refractivity contribution >= 4 is 22.2 Å². The number of fused-ring (bicyclic) bond motifs is 2. The molecule has 5 rings (SSSR count). The van der Waals surface area contributed by atoms with E-state index in [1.54, 1.807) is 7.11 Å². The van der Waals surface area contributed by atoms with Crippen molar-refractivity contribution in [3.63, 3.8) is 0 Å². The third-order valence-corrected chi connectivity index (χ3v) is 7.41. The third-order valence-electron chi connectivity index (χ3n) is 7.41. The Labute approximate surface area is 197 Å². The predicted octanol–water partition coefficient (Wildman–Crippen LogP) is 6.40. The fourth-order valence-corrected chi connectivity index (χ4v) is 5.92. The summed E-state index contributed by atoms with van der Waals surface area (Å²) in [4.78, 5) is 0. The molecule has 0 bridgehead atoms. The highest BCUT2D eigenvalue weighted by Crippen LogP contribution is 2.43. The van der Waals surface area contributed by atoms with E-state index in [-0.39, 0.29) is 0 Å². The maximum atomic E-state index is 5.48. The second-order valence-corrected chi connectivity index (χ2v) is 8.90. The molecular weight excluding hydrogens is 404 g/mol. The van der Waals surface area contributed by atoms with E-state index in [0.29, 0.717) is 12.0 Å². The van der Waals surface area contributed by atoms with E-state index < -0.39 is 0 Å². The van der Waals surface area contributed by atoms with Gasteiger partial charge in [0, 0.05) is 46.8 Å². The molecule has 2 atom stereocenters. The third kappa shape index (κ3) is 3.30. The van der Waals surface area contributed by atoms with Gasteiger partial charge in [-0.2, -0.15) is 0 Å². The molecule has 168 valence electrons. The summed E-state index contributed by atoms with van der Waals surface area (Å²) in [5.41, 5.74) is 9.39. The van der Waals surface area contributed by atoms with Crippen molar-refractivity contribution in [2.75, 3.05) is 13.7 Å². The quantitative estimate of drug-likeness (QED) is 0.422. The minimum atomic E-state index is 0.343. The zero-order chi connectivity index (χ0) is 23.1. The first-order valence-electron chi connectivity index (χ1n) is 12.0. The highest BCUT2D eigenvalue weighted by Gasteiger charge is 2.43. The number of rotatable bonds is 5. The van der Waals surface area contributed by atoms with Gasteiger partial charge in [-0.1, -0.05) is 48.6 Å². The molecule has 1 aliphatic carbocycles. The average Bonchev–Trinajstić information content (AvgIpc) is 3.30. The molecule has 0 spiro atoms. The largest absolute Gasteiger partial charge is 0.497 e. The van der Waals surface area contributed by atoms with Gasteiger partial charge >= 0.3 is 0 Å². The van der Waals surface area contributed by atoms with Crippen molar-refractivity contribution in [2.45, 2.75) is 40.3 Å². The Morgan fingerprint density at radius 3 is 2.39 bits per heavy atom. The number of ether oxygens (including phenoxy) is 1. The van der Waals surface area contributed by atoms with Gasteiger partial charge in [0.15, 0.2) is 11.8 Å². The maximum Gasteiger partial charge on any atom is 0.182 e. The van der Waals surface area contributed by atoms with Gasteiger partial charge in [-0.25, -0.2) is 4.58 Å². The van der Waals surface area contributed by atoms with Gasteiger partial charge in [-0.15, -0.1) is 0 Å². The van der Waals surface area contributed by atoms with E-state index in [1.165, 1.54) is 44.6 Å². The molecule has 3 nitrogen and oxygen atoms in total. The van der Waals surface area contributed by atoms with Crippen LogP contribution in [0.25, 0.3) is 16.5 Å². The fraction of sp³-hybridized carbons (Fsp3) is 0.300. The van der Waals surface area contributed by atoms with Crippen LogP contribution in [0, 0.1) is 12.8 Å². The minimum Gasteiger partial charge on any atom is -0.497 e. The second kappa shape index (κ2) is 8.55.